The van der Waals surface area contributed by atoms with Crippen molar-refractivity contribution >= 4 is 22.4 Å². The van der Waals surface area contributed by atoms with Crippen LogP contribution in [-0.2, 0) is 0 Å². The van der Waals surface area contributed by atoms with Gasteiger partial charge in [0.2, 0.25) is 0 Å². The molecule has 0 unspecified atom stereocenters. The molecule has 0 saturated carbocycles. The summed E-state index contributed by atoms with van der Waals surface area (Å²) in [6, 6.07) is 10.7. The summed E-state index contributed by atoms with van der Waals surface area (Å²) >= 11 is 0. The fourth-order valence-corrected chi connectivity index (χ4v) is 3.83. The summed E-state index contributed by atoms with van der Waals surface area (Å²) in [7, 11) is 3.84. The molecule has 140 valence electrons. The lowest BCUT2D eigenvalue weighted by Crippen LogP contribution is -2.44. The second-order valence-electron chi connectivity index (χ2n) is 7.06. The van der Waals surface area contributed by atoms with Crippen molar-refractivity contribution in [3.8, 4) is 5.75 Å². The Bertz CT molecular complexity index is 937. The molecule has 6 heteroatoms. The molecule has 1 fully saturated rings. The van der Waals surface area contributed by atoms with Gasteiger partial charge in [0.25, 0.3) is 0 Å². The normalized spacial score (nSPS) is 15.1. The van der Waals surface area contributed by atoms with Crippen molar-refractivity contribution in [2.24, 2.45) is 0 Å². The minimum absolute atomic E-state index is 0.484. The van der Waals surface area contributed by atoms with Crippen molar-refractivity contribution in [1.29, 1.82) is 0 Å². The first-order valence-electron chi connectivity index (χ1n) is 9.35. The van der Waals surface area contributed by atoms with E-state index in [1.54, 1.807) is 13.4 Å². The predicted molar refractivity (Wildman–Crippen MR) is 109 cm³/mol. The SMILES string of the molecule is COc1ccc2nccc(N3CCC(N(C)c4cc(C)ncn4)CC3)c2c1. The van der Waals surface area contributed by atoms with Crippen LogP contribution < -0.4 is 14.5 Å². The highest BCUT2D eigenvalue weighted by molar-refractivity contribution is 5.92. The Morgan fingerprint density at radius 2 is 1.89 bits per heavy atom. The number of hydrogen-bond donors (Lipinski definition) is 0. The van der Waals surface area contributed by atoms with Gasteiger partial charge in [0, 0.05) is 55.2 Å². The van der Waals surface area contributed by atoms with E-state index >= 15 is 0 Å². The molecule has 2 aromatic heterocycles. The second-order valence-corrected chi connectivity index (χ2v) is 7.06. The van der Waals surface area contributed by atoms with Crippen LogP contribution in [0.1, 0.15) is 18.5 Å². The first-order valence-corrected chi connectivity index (χ1v) is 9.35. The van der Waals surface area contributed by atoms with Crippen LogP contribution >= 0.6 is 0 Å². The molecule has 0 atom stereocenters. The van der Waals surface area contributed by atoms with Crippen molar-refractivity contribution in [2.45, 2.75) is 25.8 Å². The lowest BCUT2D eigenvalue weighted by molar-refractivity contribution is 0.415. The highest BCUT2D eigenvalue weighted by Gasteiger charge is 2.24. The molecule has 1 aliphatic rings. The van der Waals surface area contributed by atoms with Crippen molar-refractivity contribution in [2.75, 3.05) is 37.0 Å². The summed E-state index contributed by atoms with van der Waals surface area (Å²) in [6.45, 7) is 4.02. The van der Waals surface area contributed by atoms with E-state index in [9.17, 15) is 0 Å². The first kappa shape index (κ1) is 17.5. The van der Waals surface area contributed by atoms with Gasteiger partial charge in [-0.05, 0) is 44.0 Å². The van der Waals surface area contributed by atoms with Crippen LogP contribution in [-0.4, -0.2) is 48.2 Å². The molecular formula is C21H25N5O. The van der Waals surface area contributed by atoms with Gasteiger partial charge < -0.3 is 14.5 Å². The number of fused-ring (bicyclic) bond motifs is 1. The molecule has 3 aromatic rings. The van der Waals surface area contributed by atoms with E-state index in [1.807, 2.05) is 25.3 Å². The molecule has 0 bridgehead atoms. The smallest absolute Gasteiger partial charge is 0.132 e. The Morgan fingerprint density at radius 1 is 1.07 bits per heavy atom. The maximum Gasteiger partial charge on any atom is 0.132 e. The van der Waals surface area contributed by atoms with Crippen LogP contribution in [0.3, 0.4) is 0 Å². The van der Waals surface area contributed by atoms with Gasteiger partial charge in [0.15, 0.2) is 0 Å². The number of anilines is 2. The third-order valence-electron chi connectivity index (χ3n) is 5.43. The summed E-state index contributed by atoms with van der Waals surface area (Å²) in [5.41, 5.74) is 3.24. The van der Waals surface area contributed by atoms with Crippen molar-refractivity contribution in [1.82, 2.24) is 15.0 Å². The number of ether oxygens (including phenoxy) is 1. The second kappa shape index (κ2) is 7.39. The van der Waals surface area contributed by atoms with E-state index < -0.39 is 0 Å². The maximum absolute atomic E-state index is 5.41. The molecule has 0 spiro atoms. The molecule has 4 rings (SSSR count). The van der Waals surface area contributed by atoms with E-state index in [-0.39, 0.29) is 0 Å². The quantitative estimate of drug-likeness (QED) is 0.708. The summed E-state index contributed by atoms with van der Waals surface area (Å²) in [6.07, 6.45) is 5.72. The van der Waals surface area contributed by atoms with E-state index in [2.05, 4.69) is 50.0 Å². The molecule has 1 aromatic carbocycles. The highest BCUT2D eigenvalue weighted by atomic mass is 16.5. The fraction of sp³-hybridized carbons (Fsp3) is 0.381. The minimum atomic E-state index is 0.484. The number of aromatic nitrogens is 3. The molecule has 6 nitrogen and oxygen atoms in total. The molecule has 0 N–H and O–H groups in total. The molecule has 1 aliphatic heterocycles. The van der Waals surface area contributed by atoms with Crippen molar-refractivity contribution in [3.63, 3.8) is 0 Å². The largest absolute Gasteiger partial charge is 0.497 e. The number of methoxy groups -OCH3 is 1. The average molecular weight is 363 g/mol. The highest BCUT2D eigenvalue weighted by Crippen LogP contribution is 2.31. The van der Waals surface area contributed by atoms with Crippen LogP contribution in [0.4, 0.5) is 11.5 Å². The Kier molecular flexibility index (Phi) is 4.79. The molecule has 0 aliphatic carbocycles. The summed E-state index contributed by atoms with van der Waals surface area (Å²) in [5.74, 6) is 1.87. The van der Waals surface area contributed by atoms with Crippen LogP contribution in [0.5, 0.6) is 5.75 Å². The Labute approximate surface area is 159 Å². The maximum atomic E-state index is 5.41. The molecule has 0 radical (unpaired) electrons. The van der Waals surface area contributed by atoms with Gasteiger partial charge in [-0.25, -0.2) is 9.97 Å². The third-order valence-corrected chi connectivity index (χ3v) is 5.43. The van der Waals surface area contributed by atoms with Crippen molar-refractivity contribution < 1.29 is 4.74 Å². The molecular weight excluding hydrogens is 338 g/mol. The number of pyridine rings is 1. The zero-order chi connectivity index (χ0) is 18.8. The zero-order valence-electron chi connectivity index (χ0n) is 16.1. The van der Waals surface area contributed by atoms with Crippen LogP contribution in [0, 0.1) is 6.92 Å². The van der Waals surface area contributed by atoms with E-state index in [0.29, 0.717) is 6.04 Å². The van der Waals surface area contributed by atoms with Gasteiger partial charge in [-0.15, -0.1) is 0 Å². The minimum Gasteiger partial charge on any atom is -0.497 e. The Balaban J connectivity index is 1.52. The van der Waals surface area contributed by atoms with Crippen molar-refractivity contribution in [3.05, 3.63) is 48.5 Å². The lowest BCUT2D eigenvalue weighted by Gasteiger charge is -2.38. The van der Waals surface area contributed by atoms with E-state index in [0.717, 1.165) is 54.1 Å². The van der Waals surface area contributed by atoms with Crippen LogP contribution in [0.15, 0.2) is 42.9 Å². The summed E-state index contributed by atoms with van der Waals surface area (Å²) in [5, 5.41) is 1.15. The number of benzene rings is 1. The number of rotatable bonds is 4. The van der Waals surface area contributed by atoms with Gasteiger partial charge in [0.1, 0.15) is 17.9 Å². The van der Waals surface area contributed by atoms with Crippen LogP contribution in [0.25, 0.3) is 10.9 Å². The Morgan fingerprint density at radius 3 is 2.63 bits per heavy atom. The average Bonchev–Trinajstić information content (AvgIpc) is 2.72. The molecule has 27 heavy (non-hydrogen) atoms. The molecule has 1 saturated heterocycles. The van der Waals surface area contributed by atoms with Gasteiger partial charge in [-0.3, -0.25) is 4.98 Å². The van der Waals surface area contributed by atoms with Gasteiger partial charge in [-0.2, -0.15) is 0 Å². The summed E-state index contributed by atoms with van der Waals surface area (Å²) < 4.78 is 5.41. The van der Waals surface area contributed by atoms with E-state index in [1.165, 1.54) is 5.69 Å². The monoisotopic (exact) mass is 363 g/mol. The molecule has 3 heterocycles. The van der Waals surface area contributed by atoms with Gasteiger partial charge >= 0.3 is 0 Å². The number of nitrogens with zero attached hydrogens (tertiary/aromatic N) is 5. The van der Waals surface area contributed by atoms with Gasteiger partial charge in [0.05, 0.1) is 12.6 Å². The lowest BCUT2D eigenvalue weighted by atomic mass is 10.0. The number of aryl methyl sites for hydroxylation is 1. The zero-order valence-corrected chi connectivity index (χ0v) is 16.1. The standard InChI is InChI=1S/C21H25N5O/c1-15-12-21(24-14-23-15)25(2)16-7-10-26(11-8-16)20-6-9-22-19-5-4-17(27-3)13-18(19)20/h4-6,9,12-14,16H,7-8,10-11H2,1-3H3. The van der Waals surface area contributed by atoms with Crippen LogP contribution in [0.2, 0.25) is 0 Å². The number of hydrogen-bond acceptors (Lipinski definition) is 6. The summed E-state index contributed by atoms with van der Waals surface area (Å²) in [4.78, 5) is 17.9. The predicted octanol–water partition coefficient (Wildman–Crippen LogP) is 3.45. The van der Waals surface area contributed by atoms with E-state index in [4.69, 9.17) is 4.74 Å². The Hall–Kier alpha value is -2.89. The molecule has 0 amide bonds. The fourth-order valence-electron chi connectivity index (χ4n) is 3.83. The number of piperidine rings is 1. The third kappa shape index (κ3) is 3.52. The topological polar surface area (TPSA) is 54.4 Å². The first-order chi connectivity index (χ1) is 13.2. The van der Waals surface area contributed by atoms with Gasteiger partial charge in [-0.1, -0.05) is 0 Å².